The third kappa shape index (κ3) is 41.2. The molecule has 1 heterocycles. The molecule has 1 rings (SSSR count). The van der Waals surface area contributed by atoms with Crippen LogP contribution in [0.1, 0.15) is 265 Å². The molecule has 432 valence electrons. The van der Waals surface area contributed by atoms with Crippen LogP contribution in [0.2, 0.25) is 0 Å². The highest BCUT2D eigenvalue weighted by molar-refractivity contribution is 5.74. The molecular formula is C63H108O12. The fourth-order valence-corrected chi connectivity index (χ4v) is 8.94. The number of carboxylic acid groups (broad SMARTS) is 1. The number of hydrogen-bond acceptors (Lipinski definition) is 11. The maximum absolute atomic E-state index is 13.1. The summed E-state index contributed by atoms with van der Waals surface area (Å²) in [5, 5.41) is 31.5. The average Bonchev–Trinajstić information content (AvgIpc) is 3.39. The topological polar surface area (TPSA) is 175 Å². The molecule has 0 bridgehead atoms. The fourth-order valence-electron chi connectivity index (χ4n) is 8.94. The van der Waals surface area contributed by atoms with Crippen molar-refractivity contribution in [2.24, 2.45) is 0 Å². The molecular weight excluding hydrogens is 949 g/mol. The molecule has 3 N–H and O–H groups in total. The Labute approximate surface area is 456 Å². The van der Waals surface area contributed by atoms with Gasteiger partial charge in [-0.1, -0.05) is 223 Å². The maximum Gasteiger partial charge on any atom is 0.335 e. The van der Waals surface area contributed by atoms with Gasteiger partial charge < -0.3 is 39.0 Å². The van der Waals surface area contributed by atoms with Crippen LogP contribution in [-0.4, -0.2) is 89.2 Å². The van der Waals surface area contributed by atoms with E-state index in [-0.39, 0.29) is 25.9 Å². The van der Waals surface area contributed by atoms with Crippen LogP contribution in [0.5, 0.6) is 0 Å². The molecule has 0 aromatic carbocycles. The lowest BCUT2D eigenvalue weighted by atomic mass is 9.98. The van der Waals surface area contributed by atoms with Crippen LogP contribution < -0.4 is 0 Å². The van der Waals surface area contributed by atoms with Gasteiger partial charge in [0.25, 0.3) is 0 Å². The number of aliphatic carboxylic acids is 1. The molecule has 0 aromatic heterocycles. The Morgan fingerprint density at radius 1 is 0.453 bits per heavy atom. The third-order valence-corrected chi connectivity index (χ3v) is 13.6. The van der Waals surface area contributed by atoms with E-state index in [0.29, 0.717) is 19.3 Å². The van der Waals surface area contributed by atoms with Gasteiger partial charge in [-0.3, -0.25) is 14.4 Å². The molecule has 0 radical (unpaired) electrons. The summed E-state index contributed by atoms with van der Waals surface area (Å²) in [6.45, 7) is 5.85. The van der Waals surface area contributed by atoms with Crippen molar-refractivity contribution in [3.05, 3.63) is 60.8 Å². The Balaban J connectivity index is 2.69. The number of hydrogen-bond donors (Lipinski definition) is 3. The maximum atomic E-state index is 13.1. The van der Waals surface area contributed by atoms with Crippen molar-refractivity contribution in [2.75, 3.05) is 13.2 Å². The molecule has 12 nitrogen and oxygen atoms in total. The summed E-state index contributed by atoms with van der Waals surface area (Å²) in [6.07, 6.45) is 50.4. The van der Waals surface area contributed by atoms with Crippen molar-refractivity contribution in [2.45, 2.75) is 302 Å². The minimum atomic E-state index is -1.91. The Bertz CT molecular complexity index is 1540. The number of carboxylic acids is 1. The molecule has 0 amide bonds. The first-order valence-electron chi connectivity index (χ1n) is 30.3. The van der Waals surface area contributed by atoms with E-state index < -0.39 is 67.3 Å². The molecule has 1 aliphatic rings. The van der Waals surface area contributed by atoms with Gasteiger partial charge in [-0.05, 0) is 83.5 Å². The number of unbranched alkanes of at least 4 members (excludes halogenated alkanes) is 27. The van der Waals surface area contributed by atoms with Crippen molar-refractivity contribution in [3.63, 3.8) is 0 Å². The van der Waals surface area contributed by atoms with Crippen molar-refractivity contribution in [1.29, 1.82) is 0 Å². The first kappa shape index (κ1) is 69.4. The number of carbonyl (C=O) groups excluding carboxylic acids is 3. The van der Waals surface area contributed by atoms with Crippen LogP contribution in [0.4, 0.5) is 0 Å². The second-order valence-electron chi connectivity index (χ2n) is 20.6. The molecule has 1 saturated heterocycles. The van der Waals surface area contributed by atoms with Crippen molar-refractivity contribution in [3.8, 4) is 0 Å². The van der Waals surface area contributed by atoms with E-state index >= 15 is 0 Å². The quantitative estimate of drug-likeness (QED) is 0.0228. The number of ether oxygens (including phenoxy) is 5. The summed E-state index contributed by atoms with van der Waals surface area (Å²) in [6, 6.07) is 0. The molecule has 6 unspecified atom stereocenters. The van der Waals surface area contributed by atoms with Crippen molar-refractivity contribution in [1.82, 2.24) is 0 Å². The normalized spacial score (nSPS) is 18.5. The third-order valence-electron chi connectivity index (χ3n) is 13.6. The molecule has 0 aliphatic carbocycles. The number of carbonyl (C=O) groups is 4. The predicted molar refractivity (Wildman–Crippen MR) is 303 cm³/mol. The number of allylic oxidation sites excluding steroid dienone is 10. The minimum Gasteiger partial charge on any atom is -0.479 e. The Morgan fingerprint density at radius 3 is 1.31 bits per heavy atom. The second-order valence-corrected chi connectivity index (χ2v) is 20.6. The van der Waals surface area contributed by atoms with Gasteiger partial charge in [0.1, 0.15) is 18.8 Å². The van der Waals surface area contributed by atoms with E-state index in [9.17, 15) is 34.5 Å². The summed E-state index contributed by atoms with van der Waals surface area (Å²) < 4.78 is 28.4. The van der Waals surface area contributed by atoms with Gasteiger partial charge in [0.15, 0.2) is 24.6 Å². The van der Waals surface area contributed by atoms with Gasteiger partial charge in [0, 0.05) is 19.3 Å². The molecule has 12 heteroatoms. The van der Waals surface area contributed by atoms with Gasteiger partial charge in [-0.15, -0.1) is 0 Å². The minimum absolute atomic E-state index is 0.0504. The highest BCUT2D eigenvalue weighted by atomic mass is 16.7. The molecule has 0 aromatic rings. The summed E-state index contributed by atoms with van der Waals surface area (Å²) in [5.74, 6) is -3.14. The van der Waals surface area contributed by atoms with E-state index in [1.54, 1.807) is 0 Å². The molecule has 1 fully saturated rings. The Morgan fingerprint density at radius 2 is 0.840 bits per heavy atom. The second kappa shape index (κ2) is 51.2. The monoisotopic (exact) mass is 1060 g/mol. The SMILES string of the molecule is CC/C=C\C/C=C\C/C=C\CCCCCCCC(=O)OCC(COC1OC(C(=O)O)C(O)C(O)C1OC(=O)CCCCCCCCC/C=C\C/C=C\CCCCC)OC(=O)CCCCCCCCCCCCCCC. The van der Waals surface area contributed by atoms with Crippen LogP contribution >= 0.6 is 0 Å². The predicted octanol–water partition coefficient (Wildman–Crippen LogP) is 15.6. The zero-order chi connectivity index (χ0) is 54.7. The number of rotatable bonds is 51. The average molecular weight is 1060 g/mol. The van der Waals surface area contributed by atoms with E-state index in [1.807, 2.05) is 0 Å². The van der Waals surface area contributed by atoms with Crippen LogP contribution in [0, 0.1) is 0 Å². The smallest absolute Gasteiger partial charge is 0.335 e. The number of esters is 3. The van der Waals surface area contributed by atoms with Crippen LogP contribution in [0.15, 0.2) is 60.8 Å². The fraction of sp³-hybridized carbons (Fsp3) is 0.778. The molecule has 75 heavy (non-hydrogen) atoms. The van der Waals surface area contributed by atoms with Gasteiger partial charge >= 0.3 is 23.9 Å². The highest BCUT2D eigenvalue weighted by Gasteiger charge is 2.50. The summed E-state index contributed by atoms with van der Waals surface area (Å²) in [7, 11) is 0. The van der Waals surface area contributed by atoms with Crippen LogP contribution in [-0.2, 0) is 42.9 Å². The summed E-state index contributed by atoms with van der Waals surface area (Å²) in [5.41, 5.74) is 0. The van der Waals surface area contributed by atoms with Gasteiger partial charge in [-0.25, -0.2) is 4.79 Å². The zero-order valence-corrected chi connectivity index (χ0v) is 47.5. The first-order chi connectivity index (χ1) is 36.6. The largest absolute Gasteiger partial charge is 0.479 e. The standard InChI is InChI=1S/C63H108O12/c1-4-7-10-13-16-19-22-25-27-28-30-33-36-39-42-45-48-51-57(66)74-61-59(68)58(67)60(62(69)70)75-63(61)72-53-54(73-56(65)50-47-44-41-38-35-31-24-21-18-15-12-9-6-3)52-71-55(64)49-46-43-40-37-34-32-29-26-23-20-17-14-11-8-5-2/h8,11,16-17,19-20,25-27,29,54,58-61,63,67-68H,4-7,9-10,12-15,18,21-24,28,30-53H2,1-3H3,(H,69,70)/b11-8-,19-16-,20-17-,27-25-,29-26-. The molecule has 1 aliphatic heterocycles. The summed E-state index contributed by atoms with van der Waals surface area (Å²) >= 11 is 0. The van der Waals surface area contributed by atoms with Crippen molar-refractivity contribution >= 4 is 23.9 Å². The number of aliphatic hydroxyl groups is 2. The van der Waals surface area contributed by atoms with Gasteiger partial charge in [0.05, 0.1) is 6.61 Å². The van der Waals surface area contributed by atoms with E-state index in [0.717, 1.165) is 128 Å². The van der Waals surface area contributed by atoms with Crippen LogP contribution in [0.25, 0.3) is 0 Å². The Hall–Kier alpha value is -3.58. The van der Waals surface area contributed by atoms with E-state index in [4.69, 9.17) is 23.7 Å². The van der Waals surface area contributed by atoms with Gasteiger partial charge in [0.2, 0.25) is 0 Å². The lowest BCUT2D eigenvalue weighted by Crippen LogP contribution is -2.61. The van der Waals surface area contributed by atoms with E-state index in [2.05, 4.69) is 81.5 Å². The van der Waals surface area contributed by atoms with Crippen molar-refractivity contribution < 1.29 is 58.2 Å². The number of aliphatic hydroxyl groups excluding tert-OH is 2. The highest BCUT2D eigenvalue weighted by Crippen LogP contribution is 2.26. The van der Waals surface area contributed by atoms with Gasteiger partial charge in [-0.2, -0.15) is 0 Å². The first-order valence-corrected chi connectivity index (χ1v) is 30.3. The lowest BCUT2D eigenvalue weighted by molar-refractivity contribution is -0.301. The molecule has 0 spiro atoms. The zero-order valence-electron chi connectivity index (χ0n) is 47.5. The summed E-state index contributed by atoms with van der Waals surface area (Å²) in [4.78, 5) is 51.1. The molecule has 0 saturated carbocycles. The van der Waals surface area contributed by atoms with Crippen LogP contribution in [0.3, 0.4) is 0 Å². The van der Waals surface area contributed by atoms with E-state index in [1.165, 1.54) is 77.0 Å². The lowest BCUT2D eigenvalue weighted by Gasteiger charge is -2.40. The molecule has 6 atom stereocenters. The Kier molecular flexibility index (Phi) is 47.4.